The molecule has 15 heavy (non-hydrogen) atoms. The molecule has 0 amide bonds. The van der Waals surface area contributed by atoms with Crippen LogP contribution >= 0.6 is 23.9 Å². The summed E-state index contributed by atoms with van der Waals surface area (Å²) in [6, 6.07) is 8.21. The van der Waals surface area contributed by atoms with Gasteiger partial charge in [-0.3, -0.25) is 0 Å². The first-order chi connectivity index (χ1) is 6.92. The van der Waals surface area contributed by atoms with Crippen LogP contribution in [-0.4, -0.2) is 24.6 Å². The molecule has 2 rings (SSSR count). The van der Waals surface area contributed by atoms with Gasteiger partial charge in [0.1, 0.15) is 5.82 Å². The first-order valence-corrected chi connectivity index (χ1v) is 5.26. The summed E-state index contributed by atoms with van der Waals surface area (Å²) in [6.45, 7) is 1.50. The van der Waals surface area contributed by atoms with Crippen molar-refractivity contribution in [2.75, 3.05) is 25.6 Å². The minimum absolute atomic E-state index is 0. The summed E-state index contributed by atoms with van der Waals surface area (Å²) >= 11 is 1.52. The molecule has 82 valence electrons. The number of nitrogens with one attached hydrogen (secondary N) is 1. The Labute approximate surface area is 99.0 Å². The van der Waals surface area contributed by atoms with Crippen molar-refractivity contribution in [2.45, 2.75) is 0 Å². The van der Waals surface area contributed by atoms with Crippen molar-refractivity contribution in [3.8, 4) is 0 Å². The number of fused-ring (bicyclic) bond motifs is 1. The zero-order valence-electron chi connectivity index (χ0n) is 8.40. The molecule has 0 bridgehead atoms. The fraction of sp³-hybridized carbons (Fsp3) is 0.300. The van der Waals surface area contributed by atoms with Crippen molar-refractivity contribution in [3.05, 3.63) is 24.3 Å². The number of benzene rings is 1. The summed E-state index contributed by atoms with van der Waals surface area (Å²) in [5.41, 5.74) is 0. The number of halogens is 1. The van der Waals surface area contributed by atoms with Gasteiger partial charge in [0.05, 0.1) is 11.3 Å². The van der Waals surface area contributed by atoms with Crippen LogP contribution in [0.15, 0.2) is 24.3 Å². The number of hydrogen-bond acceptors (Lipinski definition) is 4. The van der Waals surface area contributed by atoms with E-state index < -0.39 is 0 Å². The number of hydrogen-bond donors (Lipinski definition) is 1. The fourth-order valence-electron chi connectivity index (χ4n) is 1.28. The van der Waals surface area contributed by atoms with Crippen molar-refractivity contribution in [2.24, 2.45) is 0 Å². The first-order valence-electron chi connectivity index (χ1n) is 4.49. The van der Waals surface area contributed by atoms with Gasteiger partial charge < -0.3 is 10.1 Å². The first kappa shape index (κ1) is 12.2. The van der Waals surface area contributed by atoms with E-state index in [0.717, 1.165) is 12.4 Å². The molecule has 0 aliphatic carbocycles. The van der Waals surface area contributed by atoms with Gasteiger partial charge in [-0.05, 0) is 23.7 Å². The number of aromatic nitrogens is 1. The third kappa shape index (κ3) is 2.81. The maximum Gasteiger partial charge on any atom is 0.147 e. The number of nitrogens with zero attached hydrogens (tertiary/aromatic N) is 1. The van der Waals surface area contributed by atoms with E-state index in [-0.39, 0.29) is 12.4 Å². The Morgan fingerprint density at radius 3 is 3.00 bits per heavy atom. The minimum atomic E-state index is 0. The average molecular weight is 245 g/mol. The molecule has 1 N–H and O–H groups in total. The van der Waals surface area contributed by atoms with Gasteiger partial charge in [-0.25, -0.2) is 0 Å². The lowest BCUT2D eigenvalue weighted by atomic mass is 10.2. The molecule has 0 saturated heterocycles. The Morgan fingerprint density at radius 2 is 2.20 bits per heavy atom. The average Bonchev–Trinajstić information content (AvgIpc) is 2.63. The maximum atomic E-state index is 4.97. The molecule has 2 aromatic rings. The molecular formula is C10H13ClN2OS. The lowest BCUT2D eigenvalue weighted by molar-refractivity contribution is 0.210. The SMILES string of the molecule is COCCNc1nsc2ccccc12.Cl. The van der Waals surface area contributed by atoms with Gasteiger partial charge in [-0.2, -0.15) is 4.37 Å². The topological polar surface area (TPSA) is 34.1 Å². The monoisotopic (exact) mass is 244 g/mol. The van der Waals surface area contributed by atoms with Crippen LogP contribution in [0.5, 0.6) is 0 Å². The van der Waals surface area contributed by atoms with E-state index in [2.05, 4.69) is 21.8 Å². The van der Waals surface area contributed by atoms with Crippen molar-refractivity contribution in [1.82, 2.24) is 4.37 Å². The Kier molecular flexibility index (Phi) is 4.81. The summed E-state index contributed by atoms with van der Waals surface area (Å²) in [5, 5.41) is 4.43. The molecule has 0 fully saturated rings. The van der Waals surface area contributed by atoms with Crippen LogP contribution in [0.2, 0.25) is 0 Å². The second kappa shape index (κ2) is 5.90. The van der Waals surface area contributed by atoms with Crippen LogP contribution in [0, 0.1) is 0 Å². The quantitative estimate of drug-likeness (QED) is 0.840. The zero-order valence-corrected chi connectivity index (χ0v) is 10.0. The van der Waals surface area contributed by atoms with Crippen LogP contribution in [0.25, 0.3) is 10.1 Å². The third-order valence-electron chi connectivity index (χ3n) is 1.98. The molecule has 1 aromatic carbocycles. The number of methoxy groups -OCH3 is 1. The van der Waals surface area contributed by atoms with Crippen LogP contribution in [0.3, 0.4) is 0 Å². The number of rotatable bonds is 4. The molecule has 1 heterocycles. The van der Waals surface area contributed by atoms with Gasteiger partial charge in [-0.15, -0.1) is 12.4 Å². The molecule has 0 saturated carbocycles. The molecule has 1 aromatic heterocycles. The second-order valence-corrected chi connectivity index (χ2v) is 3.75. The highest BCUT2D eigenvalue weighted by atomic mass is 35.5. The maximum absolute atomic E-state index is 4.97. The predicted octanol–water partition coefficient (Wildman–Crippen LogP) is 2.78. The number of ether oxygens (including phenoxy) is 1. The number of anilines is 1. The van der Waals surface area contributed by atoms with E-state index in [4.69, 9.17) is 4.74 Å². The molecule has 0 aliphatic rings. The Balaban J connectivity index is 0.00000112. The summed E-state index contributed by atoms with van der Waals surface area (Å²) in [5.74, 6) is 0.961. The third-order valence-corrected chi connectivity index (χ3v) is 2.80. The highest BCUT2D eigenvalue weighted by molar-refractivity contribution is 7.13. The molecule has 0 aliphatic heterocycles. The van der Waals surface area contributed by atoms with Crippen LogP contribution in [0.4, 0.5) is 5.82 Å². The molecule has 0 radical (unpaired) electrons. The van der Waals surface area contributed by atoms with E-state index in [9.17, 15) is 0 Å². The smallest absolute Gasteiger partial charge is 0.147 e. The molecular weight excluding hydrogens is 232 g/mol. The fourth-order valence-corrected chi connectivity index (χ4v) is 2.04. The highest BCUT2D eigenvalue weighted by Gasteiger charge is 2.03. The highest BCUT2D eigenvalue weighted by Crippen LogP contribution is 2.25. The van der Waals surface area contributed by atoms with Crippen molar-refractivity contribution in [1.29, 1.82) is 0 Å². The van der Waals surface area contributed by atoms with Gasteiger partial charge in [0, 0.05) is 19.0 Å². The van der Waals surface area contributed by atoms with Crippen molar-refractivity contribution < 1.29 is 4.74 Å². The van der Waals surface area contributed by atoms with Crippen LogP contribution in [-0.2, 0) is 4.74 Å². The summed E-state index contributed by atoms with van der Waals surface area (Å²) < 4.78 is 10.5. The Bertz CT molecular complexity index is 418. The van der Waals surface area contributed by atoms with Crippen molar-refractivity contribution >= 4 is 39.8 Å². The molecule has 5 heteroatoms. The van der Waals surface area contributed by atoms with Gasteiger partial charge in [-0.1, -0.05) is 12.1 Å². The van der Waals surface area contributed by atoms with E-state index in [0.29, 0.717) is 6.61 Å². The summed E-state index contributed by atoms with van der Waals surface area (Å²) in [4.78, 5) is 0. The van der Waals surface area contributed by atoms with E-state index in [1.165, 1.54) is 21.6 Å². The van der Waals surface area contributed by atoms with E-state index in [1.54, 1.807) is 7.11 Å². The minimum Gasteiger partial charge on any atom is -0.383 e. The van der Waals surface area contributed by atoms with Gasteiger partial charge >= 0.3 is 0 Å². The Hall–Kier alpha value is -0.840. The summed E-state index contributed by atoms with van der Waals surface area (Å²) in [7, 11) is 1.70. The molecule has 0 atom stereocenters. The summed E-state index contributed by atoms with van der Waals surface area (Å²) in [6.07, 6.45) is 0. The Morgan fingerprint density at radius 1 is 1.40 bits per heavy atom. The largest absolute Gasteiger partial charge is 0.383 e. The standard InChI is InChI=1S/C10H12N2OS.ClH/c1-13-7-6-11-10-8-4-2-3-5-9(8)14-12-10;/h2-5H,6-7H2,1H3,(H,11,12);1H. The normalized spacial score (nSPS) is 9.93. The lowest BCUT2D eigenvalue weighted by Crippen LogP contribution is -2.07. The van der Waals surface area contributed by atoms with E-state index >= 15 is 0 Å². The zero-order chi connectivity index (χ0) is 9.80. The van der Waals surface area contributed by atoms with Crippen molar-refractivity contribution in [3.63, 3.8) is 0 Å². The van der Waals surface area contributed by atoms with Gasteiger partial charge in [0.25, 0.3) is 0 Å². The molecule has 0 unspecified atom stereocenters. The predicted molar refractivity (Wildman–Crippen MR) is 67.2 cm³/mol. The van der Waals surface area contributed by atoms with Crippen LogP contribution in [0.1, 0.15) is 0 Å². The lowest BCUT2D eigenvalue weighted by Gasteiger charge is -2.01. The van der Waals surface area contributed by atoms with E-state index in [1.807, 2.05) is 12.1 Å². The molecule has 3 nitrogen and oxygen atoms in total. The van der Waals surface area contributed by atoms with Gasteiger partial charge in [0.2, 0.25) is 0 Å². The van der Waals surface area contributed by atoms with Gasteiger partial charge in [0.15, 0.2) is 0 Å². The van der Waals surface area contributed by atoms with Crippen LogP contribution < -0.4 is 5.32 Å². The second-order valence-electron chi connectivity index (χ2n) is 2.95. The molecule has 0 spiro atoms.